The first-order valence-corrected chi connectivity index (χ1v) is 9.20. The number of hydrogen-bond acceptors (Lipinski definition) is 3. The van der Waals surface area contributed by atoms with Crippen LogP contribution in [0.15, 0.2) is 29.4 Å². The lowest BCUT2D eigenvalue weighted by atomic mass is 9.86. The monoisotopic (exact) mass is 384 g/mol. The van der Waals surface area contributed by atoms with E-state index in [9.17, 15) is 23.1 Å². The number of carbonyl (C=O) groups is 1. The number of hydrazone groups is 1. The van der Waals surface area contributed by atoms with Crippen molar-refractivity contribution in [3.05, 3.63) is 35.4 Å². The fourth-order valence-corrected chi connectivity index (χ4v) is 3.01. The molecule has 1 amide bonds. The van der Waals surface area contributed by atoms with Crippen molar-refractivity contribution >= 4 is 11.6 Å². The Morgan fingerprint density at radius 2 is 1.78 bits per heavy atom. The molecule has 150 valence electrons. The van der Waals surface area contributed by atoms with Crippen molar-refractivity contribution in [2.24, 2.45) is 5.10 Å². The lowest BCUT2D eigenvalue weighted by Crippen LogP contribution is -2.56. The summed E-state index contributed by atoms with van der Waals surface area (Å²) >= 11 is 0. The molecule has 1 atom stereocenters. The first-order valence-electron chi connectivity index (χ1n) is 9.20. The molecule has 27 heavy (non-hydrogen) atoms. The smallest absolute Gasteiger partial charge is 0.362 e. The molecule has 1 aliphatic rings. The number of halogens is 3. The van der Waals surface area contributed by atoms with E-state index in [4.69, 9.17) is 0 Å². The molecule has 1 aliphatic heterocycles. The zero-order valence-electron chi connectivity index (χ0n) is 16.2. The largest absolute Gasteiger partial charge is 0.438 e. The summed E-state index contributed by atoms with van der Waals surface area (Å²) in [5.74, 6) is -0.958. The Morgan fingerprint density at radius 3 is 2.26 bits per heavy atom. The van der Waals surface area contributed by atoms with Gasteiger partial charge in [0, 0.05) is 17.7 Å². The van der Waals surface area contributed by atoms with E-state index in [2.05, 4.69) is 5.10 Å². The molecule has 0 aromatic heterocycles. The van der Waals surface area contributed by atoms with Gasteiger partial charge >= 0.3 is 6.18 Å². The standard InChI is InChI=1S/C20H27F3N2O2/c1-5-6-7-8-16-13-19(27,20(21,22)23)25(24-16)17(26)14-9-11-15(12-10-14)18(2,3)4/h9-12,27H,5-8,13H2,1-4H3/t19-/m1/s1. The second-order valence-corrected chi connectivity index (χ2v) is 8.06. The topological polar surface area (TPSA) is 52.9 Å². The summed E-state index contributed by atoms with van der Waals surface area (Å²) in [5.41, 5.74) is -2.23. The van der Waals surface area contributed by atoms with E-state index < -0.39 is 24.2 Å². The molecular formula is C20H27F3N2O2. The van der Waals surface area contributed by atoms with E-state index in [1.165, 1.54) is 12.1 Å². The zero-order valence-corrected chi connectivity index (χ0v) is 16.2. The summed E-state index contributed by atoms with van der Waals surface area (Å²) in [4.78, 5) is 12.7. The van der Waals surface area contributed by atoms with Gasteiger partial charge in [0.1, 0.15) is 0 Å². The maximum absolute atomic E-state index is 13.5. The Hall–Kier alpha value is -1.89. The van der Waals surface area contributed by atoms with Crippen LogP contribution >= 0.6 is 0 Å². The molecule has 2 rings (SSSR count). The minimum atomic E-state index is -5.00. The number of nitrogens with zero attached hydrogens (tertiary/aromatic N) is 2. The van der Waals surface area contributed by atoms with Crippen LogP contribution in [-0.2, 0) is 5.41 Å². The minimum absolute atomic E-state index is 0.0595. The number of alkyl halides is 3. The molecule has 1 N–H and O–H groups in total. The van der Waals surface area contributed by atoms with Crippen molar-refractivity contribution < 1.29 is 23.1 Å². The molecule has 1 heterocycles. The van der Waals surface area contributed by atoms with Crippen LogP contribution < -0.4 is 0 Å². The average molecular weight is 384 g/mol. The summed E-state index contributed by atoms with van der Waals surface area (Å²) in [6, 6.07) is 6.37. The molecule has 0 saturated carbocycles. The van der Waals surface area contributed by atoms with Gasteiger partial charge in [0.25, 0.3) is 11.6 Å². The normalized spacial score (nSPS) is 20.7. The summed E-state index contributed by atoms with van der Waals surface area (Å²) in [6.07, 6.45) is -2.92. The highest BCUT2D eigenvalue weighted by atomic mass is 19.4. The van der Waals surface area contributed by atoms with Gasteiger partial charge in [-0.15, -0.1) is 0 Å². The van der Waals surface area contributed by atoms with Crippen molar-refractivity contribution in [2.45, 2.75) is 77.1 Å². The Labute approximate surface area is 158 Å². The first kappa shape index (κ1) is 21.4. The molecule has 0 fully saturated rings. The van der Waals surface area contributed by atoms with E-state index in [0.29, 0.717) is 12.8 Å². The van der Waals surface area contributed by atoms with Crippen LogP contribution in [0.4, 0.5) is 13.2 Å². The van der Waals surface area contributed by atoms with E-state index in [0.717, 1.165) is 18.4 Å². The molecule has 4 nitrogen and oxygen atoms in total. The SMILES string of the molecule is CCCCCC1=NN(C(=O)c2ccc(C(C)(C)C)cc2)[C@](O)(C(F)(F)F)C1. The van der Waals surface area contributed by atoms with E-state index in [1.54, 1.807) is 12.1 Å². The highest BCUT2D eigenvalue weighted by Crippen LogP contribution is 2.41. The molecule has 0 unspecified atom stereocenters. The summed E-state index contributed by atoms with van der Waals surface area (Å²) < 4.78 is 40.6. The van der Waals surface area contributed by atoms with Gasteiger partial charge in [0.15, 0.2) is 0 Å². The molecule has 7 heteroatoms. The lowest BCUT2D eigenvalue weighted by Gasteiger charge is -2.32. The molecule has 0 radical (unpaired) electrons. The molecule has 0 aliphatic carbocycles. The van der Waals surface area contributed by atoms with Crippen LogP contribution in [0.2, 0.25) is 0 Å². The molecule has 0 spiro atoms. The first-order chi connectivity index (χ1) is 12.4. The van der Waals surface area contributed by atoms with E-state index in [1.807, 2.05) is 27.7 Å². The van der Waals surface area contributed by atoms with E-state index in [-0.39, 0.29) is 21.7 Å². The summed E-state index contributed by atoms with van der Waals surface area (Å²) in [5, 5.41) is 14.4. The van der Waals surface area contributed by atoms with Crippen LogP contribution in [-0.4, -0.2) is 33.6 Å². The Balaban J connectivity index is 2.31. The van der Waals surface area contributed by atoms with Crippen LogP contribution in [0.1, 0.15) is 75.7 Å². The molecule has 0 bridgehead atoms. The van der Waals surface area contributed by atoms with Gasteiger partial charge in [-0.1, -0.05) is 52.7 Å². The van der Waals surface area contributed by atoms with Crippen molar-refractivity contribution in [1.82, 2.24) is 5.01 Å². The number of aliphatic hydroxyl groups is 1. The molecule has 1 aromatic rings. The second kappa shape index (κ2) is 7.62. The lowest BCUT2D eigenvalue weighted by molar-refractivity contribution is -0.297. The maximum atomic E-state index is 13.5. The van der Waals surface area contributed by atoms with Crippen molar-refractivity contribution in [2.75, 3.05) is 0 Å². The number of carbonyl (C=O) groups excluding carboxylic acids is 1. The van der Waals surface area contributed by atoms with Crippen LogP contribution in [0.25, 0.3) is 0 Å². The van der Waals surface area contributed by atoms with Gasteiger partial charge in [-0.2, -0.15) is 23.3 Å². The predicted octanol–water partition coefficient (Wildman–Crippen LogP) is 5.02. The quantitative estimate of drug-likeness (QED) is 0.725. The number of rotatable bonds is 5. The number of amides is 1. The third kappa shape index (κ3) is 4.51. The summed E-state index contributed by atoms with van der Waals surface area (Å²) in [7, 11) is 0. The number of benzene rings is 1. The van der Waals surface area contributed by atoms with Crippen molar-refractivity contribution in [3.63, 3.8) is 0 Å². The Bertz CT molecular complexity index is 705. The van der Waals surface area contributed by atoms with Crippen LogP contribution in [0, 0.1) is 0 Å². The third-order valence-corrected chi connectivity index (χ3v) is 4.76. The Morgan fingerprint density at radius 1 is 1.19 bits per heavy atom. The van der Waals surface area contributed by atoms with E-state index >= 15 is 0 Å². The number of hydrogen-bond donors (Lipinski definition) is 1. The molecule has 1 aromatic carbocycles. The predicted molar refractivity (Wildman–Crippen MR) is 98.5 cm³/mol. The van der Waals surface area contributed by atoms with Crippen molar-refractivity contribution in [1.29, 1.82) is 0 Å². The highest BCUT2D eigenvalue weighted by molar-refractivity contribution is 5.98. The second-order valence-electron chi connectivity index (χ2n) is 8.06. The van der Waals surface area contributed by atoms with Crippen molar-refractivity contribution in [3.8, 4) is 0 Å². The number of unbranched alkanes of at least 4 members (excludes halogenated alkanes) is 2. The molecular weight excluding hydrogens is 357 g/mol. The van der Waals surface area contributed by atoms with Crippen LogP contribution in [0.5, 0.6) is 0 Å². The minimum Gasteiger partial charge on any atom is -0.362 e. The highest BCUT2D eigenvalue weighted by Gasteiger charge is 2.63. The van der Waals surface area contributed by atoms with Gasteiger partial charge in [-0.25, -0.2) is 0 Å². The fourth-order valence-electron chi connectivity index (χ4n) is 3.01. The third-order valence-electron chi connectivity index (χ3n) is 4.76. The van der Waals surface area contributed by atoms with Gasteiger partial charge in [-0.3, -0.25) is 4.79 Å². The average Bonchev–Trinajstić information content (AvgIpc) is 2.92. The van der Waals surface area contributed by atoms with Gasteiger partial charge in [0.2, 0.25) is 0 Å². The molecule has 0 saturated heterocycles. The van der Waals surface area contributed by atoms with Crippen LogP contribution in [0.3, 0.4) is 0 Å². The Kier molecular flexibility index (Phi) is 6.04. The fraction of sp³-hybridized carbons (Fsp3) is 0.600. The van der Waals surface area contributed by atoms with Gasteiger partial charge in [-0.05, 0) is 36.0 Å². The maximum Gasteiger partial charge on any atom is 0.438 e. The summed E-state index contributed by atoms with van der Waals surface area (Å²) in [6.45, 7) is 7.98. The van der Waals surface area contributed by atoms with Gasteiger partial charge < -0.3 is 5.11 Å². The zero-order chi connectivity index (χ0) is 20.5. The van der Waals surface area contributed by atoms with Gasteiger partial charge in [0.05, 0.1) is 0 Å².